The van der Waals surface area contributed by atoms with Gasteiger partial charge in [-0.1, -0.05) is 67.1 Å². The van der Waals surface area contributed by atoms with Crippen molar-refractivity contribution in [2.24, 2.45) is 0 Å². The molecule has 0 atom stereocenters. The highest BCUT2D eigenvalue weighted by Gasteiger charge is 2.11. The lowest BCUT2D eigenvalue weighted by molar-refractivity contribution is 0.0968. The number of hydrogen-bond acceptors (Lipinski definition) is 3. The largest absolute Gasteiger partial charge is 0.303 e. The Balaban J connectivity index is 0.000000221. The molecule has 0 radical (unpaired) electrons. The summed E-state index contributed by atoms with van der Waals surface area (Å²) >= 11 is 5.48. The molecule has 1 aliphatic rings. The van der Waals surface area contributed by atoms with Crippen LogP contribution in [0.4, 0.5) is 0 Å². The fraction of sp³-hybridized carbons (Fsp3) is 0.440. The van der Waals surface area contributed by atoms with Crippen LogP contribution in [0.5, 0.6) is 0 Å². The summed E-state index contributed by atoms with van der Waals surface area (Å²) in [5.41, 5.74) is 1.63. The summed E-state index contributed by atoms with van der Waals surface area (Å²) in [6.07, 6.45) is 7.01. The van der Waals surface area contributed by atoms with Crippen molar-refractivity contribution in [2.75, 3.05) is 25.5 Å². The molecule has 0 saturated carbocycles. The number of nitrogens with zero attached hydrogens (tertiary/aromatic N) is 1. The molecule has 2 aromatic rings. The first-order valence-electron chi connectivity index (χ1n) is 10.7. The second-order valence-electron chi connectivity index (χ2n) is 7.38. The van der Waals surface area contributed by atoms with E-state index in [-0.39, 0.29) is 11.6 Å². The van der Waals surface area contributed by atoms with Gasteiger partial charge in [0, 0.05) is 29.8 Å². The van der Waals surface area contributed by atoms with Crippen LogP contribution in [0.25, 0.3) is 0 Å². The fourth-order valence-electron chi connectivity index (χ4n) is 3.41. The number of rotatable bonds is 9. The van der Waals surface area contributed by atoms with Crippen molar-refractivity contribution in [1.29, 1.82) is 0 Å². The summed E-state index contributed by atoms with van der Waals surface area (Å²) in [5, 5.41) is 0. The van der Waals surface area contributed by atoms with Crippen molar-refractivity contribution in [3.05, 3.63) is 71.8 Å². The minimum atomic E-state index is 0.177. The van der Waals surface area contributed by atoms with Crippen LogP contribution in [0.3, 0.4) is 0 Å². The van der Waals surface area contributed by atoms with E-state index in [0.29, 0.717) is 18.7 Å². The molecule has 0 amide bonds. The molecular formula is C25H32ClNO2. The molecule has 2 aromatic carbocycles. The average Bonchev–Trinajstić information content (AvgIpc) is 2.79. The Morgan fingerprint density at radius 1 is 0.724 bits per heavy atom. The predicted octanol–water partition coefficient (Wildman–Crippen LogP) is 6.02. The maximum absolute atomic E-state index is 11.9. The second-order valence-corrected chi connectivity index (χ2v) is 7.75. The number of carbonyl (C=O) groups excluding carboxylic acids is 2. The van der Waals surface area contributed by atoms with Crippen molar-refractivity contribution < 1.29 is 9.59 Å². The number of halogens is 1. The third-order valence-corrected chi connectivity index (χ3v) is 5.32. The number of piperidine rings is 1. The van der Waals surface area contributed by atoms with Crippen molar-refractivity contribution in [3.8, 4) is 0 Å². The minimum absolute atomic E-state index is 0.177. The van der Waals surface area contributed by atoms with Crippen LogP contribution in [-0.4, -0.2) is 42.0 Å². The van der Waals surface area contributed by atoms with Gasteiger partial charge in [0.1, 0.15) is 0 Å². The summed E-state index contributed by atoms with van der Waals surface area (Å²) in [6, 6.07) is 18.9. The van der Waals surface area contributed by atoms with Gasteiger partial charge in [-0.2, -0.15) is 0 Å². The van der Waals surface area contributed by atoms with Gasteiger partial charge in [0.05, 0.1) is 0 Å². The van der Waals surface area contributed by atoms with Gasteiger partial charge < -0.3 is 4.90 Å². The maximum Gasteiger partial charge on any atom is 0.162 e. The standard InChI is InChI=1S/C15H21NO.C10H11ClO/c17-15(14-8-3-1-4-9-14)10-7-13-16-11-5-2-6-12-16;11-8-4-7-10(12)9-5-2-1-3-6-9/h1,3-4,8-9H,2,5-7,10-13H2;1-3,5-6H,4,7-8H2. The highest BCUT2D eigenvalue weighted by Crippen LogP contribution is 2.11. The Morgan fingerprint density at radius 3 is 1.69 bits per heavy atom. The normalized spacial score (nSPS) is 14.0. The lowest BCUT2D eigenvalue weighted by atomic mass is 10.1. The van der Waals surface area contributed by atoms with E-state index in [1.807, 2.05) is 60.7 Å². The van der Waals surface area contributed by atoms with E-state index < -0.39 is 0 Å². The van der Waals surface area contributed by atoms with E-state index in [4.69, 9.17) is 11.6 Å². The molecule has 0 spiro atoms. The molecule has 1 aliphatic heterocycles. The van der Waals surface area contributed by atoms with Gasteiger partial charge in [-0.3, -0.25) is 9.59 Å². The zero-order valence-electron chi connectivity index (χ0n) is 17.2. The van der Waals surface area contributed by atoms with Gasteiger partial charge in [-0.15, -0.1) is 11.6 Å². The highest BCUT2D eigenvalue weighted by atomic mass is 35.5. The molecule has 1 heterocycles. The van der Waals surface area contributed by atoms with Crippen molar-refractivity contribution in [1.82, 2.24) is 4.90 Å². The number of Topliss-reactive ketones (excluding diaryl/α,β-unsaturated/α-hetero) is 2. The van der Waals surface area contributed by atoms with Crippen molar-refractivity contribution in [3.63, 3.8) is 0 Å². The van der Waals surface area contributed by atoms with Crippen LogP contribution in [-0.2, 0) is 0 Å². The van der Waals surface area contributed by atoms with E-state index in [0.717, 1.165) is 30.5 Å². The molecule has 1 saturated heterocycles. The lowest BCUT2D eigenvalue weighted by Crippen LogP contribution is -2.30. The van der Waals surface area contributed by atoms with Crippen LogP contribution < -0.4 is 0 Å². The molecule has 0 N–H and O–H groups in total. The first-order valence-corrected chi connectivity index (χ1v) is 11.2. The third-order valence-electron chi connectivity index (χ3n) is 5.06. The molecule has 3 nitrogen and oxygen atoms in total. The highest BCUT2D eigenvalue weighted by molar-refractivity contribution is 6.18. The monoisotopic (exact) mass is 413 g/mol. The number of likely N-dealkylation sites (tertiary alicyclic amines) is 1. The number of hydrogen-bond donors (Lipinski definition) is 0. The minimum Gasteiger partial charge on any atom is -0.303 e. The summed E-state index contributed by atoms with van der Waals surface area (Å²) in [7, 11) is 0. The first kappa shape index (κ1) is 23.3. The fourth-order valence-corrected chi connectivity index (χ4v) is 3.54. The second kappa shape index (κ2) is 14.1. The van der Waals surface area contributed by atoms with Crippen molar-refractivity contribution >= 4 is 23.2 Å². The molecule has 4 heteroatoms. The molecule has 0 aromatic heterocycles. The number of benzene rings is 2. The SMILES string of the molecule is O=C(CCCCl)c1ccccc1.O=C(CCCN1CCCCC1)c1ccccc1. The van der Waals surface area contributed by atoms with Crippen LogP contribution in [0, 0.1) is 0 Å². The van der Waals surface area contributed by atoms with Crippen LogP contribution in [0.15, 0.2) is 60.7 Å². The third kappa shape index (κ3) is 9.38. The Hall–Kier alpha value is -1.97. The summed E-state index contributed by atoms with van der Waals surface area (Å²) < 4.78 is 0. The zero-order valence-corrected chi connectivity index (χ0v) is 17.9. The van der Waals surface area contributed by atoms with Gasteiger partial charge in [-0.05, 0) is 45.3 Å². The smallest absolute Gasteiger partial charge is 0.162 e. The summed E-state index contributed by atoms with van der Waals surface area (Å²) in [5.74, 6) is 1.01. The van der Waals surface area contributed by atoms with Gasteiger partial charge in [0.2, 0.25) is 0 Å². The van der Waals surface area contributed by atoms with E-state index in [1.165, 1.54) is 32.4 Å². The van der Waals surface area contributed by atoms with E-state index in [2.05, 4.69) is 4.90 Å². The molecule has 0 aliphatic carbocycles. The Morgan fingerprint density at radius 2 is 1.21 bits per heavy atom. The molecule has 0 unspecified atom stereocenters. The first-order chi connectivity index (χ1) is 14.2. The molecular weight excluding hydrogens is 382 g/mol. The van der Waals surface area contributed by atoms with Gasteiger partial charge in [0.25, 0.3) is 0 Å². The van der Waals surface area contributed by atoms with Gasteiger partial charge in [0.15, 0.2) is 11.6 Å². The maximum atomic E-state index is 11.9. The Kier molecular flexibility index (Phi) is 11.3. The van der Waals surface area contributed by atoms with Crippen molar-refractivity contribution in [2.45, 2.75) is 44.9 Å². The summed E-state index contributed by atoms with van der Waals surface area (Å²) in [4.78, 5) is 25.7. The number of carbonyl (C=O) groups is 2. The van der Waals surface area contributed by atoms with E-state index in [1.54, 1.807) is 0 Å². The molecule has 3 rings (SSSR count). The zero-order chi connectivity index (χ0) is 20.7. The number of ketones is 2. The predicted molar refractivity (Wildman–Crippen MR) is 121 cm³/mol. The Labute approximate surface area is 180 Å². The number of alkyl halides is 1. The quantitative estimate of drug-likeness (QED) is 0.372. The molecule has 0 bridgehead atoms. The van der Waals surface area contributed by atoms with E-state index >= 15 is 0 Å². The van der Waals surface area contributed by atoms with Crippen LogP contribution in [0.2, 0.25) is 0 Å². The van der Waals surface area contributed by atoms with E-state index in [9.17, 15) is 9.59 Å². The summed E-state index contributed by atoms with van der Waals surface area (Å²) in [6.45, 7) is 3.53. The topological polar surface area (TPSA) is 37.4 Å². The van der Waals surface area contributed by atoms with Crippen LogP contribution in [0.1, 0.15) is 65.7 Å². The van der Waals surface area contributed by atoms with Gasteiger partial charge >= 0.3 is 0 Å². The lowest BCUT2D eigenvalue weighted by Gasteiger charge is -2.26. The Bertz CT molecular complexity index is 712. The molecule has 156 valence electrons. The molecule has 1 fully saturated rings. The van der Waals surface area contributed by atoms with Crippen LogP contribution >= 0.6 is 11.6 Å². The molecule has 29 heavy (non-hydrogen) atoms. The average molecular weight is 414 g/mol. The van der Waals surface area contributed by atoms with Gasteiger partial charge in [-0.25, -0.2) is 0 Å².